The molecule has 0 saturated heterocycles. The van der Waals surface area contributed by atoms with Gasteiger partial charge in [-0.3, -0.25) is 9.59 Å². The molecule has 21 heavy (non-hydrogen) atoms. The van der Waals surface area contributed by atoms with E-state index in [1.165, 1.54) is 11.3 Å². The summed E-state index contributed by atoms with van der Waals surface area (Å²) in [5, 5.41) is 0. The highest BCUT2D eigenvalue weighted by atomic mass is 127. The molecule has 3 nitrogen and oxygen atoms in total. The summed E-state index contributed by atoms with van der Waals surface area (Å²) in [6.45, 7) is 6.29. The van der Waals surface area contributed by atoms with E-state index in [4.69, 9.17) is 0 Å². The van der Waals surface area contributed by atoms with Gasteiger partial charge in [0.05, 0.1) is 13.4 Å². The number of anilines is 1. The van der Waals surface area contributed by atoms with E-state index in [1.54, 1.807) is 0 Å². The first-order valence-electron chi connectivity index (χ1n) is 7.51. The van der Waals surface area contributed by atoms with Gasteiger partial charge in [0.25, 0.3) is 0 Å². The molecule has 2 rings (SSSR count). The lowest BCUT2D eigenvalue weighted by molar-refractivity contribution is -0.123. The average Bonchev–Trinajstić information content (AvgIpc) is 2.80. The number of amides is 1. The molecule has 0 radical (unpaired) electrons. The summed E-state index contributed by atoms with van der Waals surface area (Å²) < 4.78 is 1.04. The topological polar surface area (TPSA) is 37.4 Å². The zero-order chi connectivity index (χ0) is 15.6. The molecule has 1 amide bonds. The highest BCUT2D eigenvalue weighted by molar-refractivity contribution is 14.1. The Kier molecular flexibility index (Phi) is 5.82. The maximum atomic E-state index is 12.9. The predicted octanol–water partition coefficient (Wildman–Crippen LogP) is 4.73. The number of rotatable bonds is 4. The molecule has 0 N–H and O–H groups in total. The Morgan fingerprint density at radius 3 is 2.52 bits per heavy atom. The number of carbonyl (C=O) groups is 2. The van der Waals surface area contributed by atoms with Gasteiger partial charge in [-0.25, -0.2) is 0 Å². The van der Waals surface area contributed by atoms with Crippen LogP contribution >= 0.6 is 33.9 Å². The maximum Gasteiger partial charge on any atom is 0.230 e. The van der Waals surface area contributed by atoms with E-state index in [2.05, 4.69) is 29.5 Å². The zero-order valence-corrected chi connectivity index (χ0v) is 15.7. The number of nitrogens with zero attached hydrogens (tertiary/aromatic N) is 1. The zero-order valence-electron chi connectivity index (χ0n) is 12.8. The van der Waals surface area contributed by atoms with Crippen LogP contribution in [-0.4, -0.2) is 18.2 Å². The first-order valence-corrected chi connectivity index (χ1v) is 9.41. The second-order valence-corrected chi connectivity index (χ2v) is 9.15. The van der Waals surface area contributed by atoms with Gasteiger partial charge in [0.15, 0.2) is 6.29 Å². The maximum absolute atomic E-state index is 12.9. The van der Waals surface area contributed by atoms with Gasteiger partial charge in [-0.15, -0.1) is 11.3 Å². The molecule has 1 aliphatic carbocycles. The van der Waals surface area contributed by atoms with E-state index < -0.39 is 0 Å². The van der Waals surface area contributed by atoms with Gasteiger partial charge in [0.2, 0.25) is 5.91 Å². The van der Waals surface area contributed by atoms with Crippen molar-refractivity contribution in [2.24, 2.45) is 11.8 Å². The number of aldehydes is 1. The molecule has 0 bridgehead atoms. The summed E-state index contributed by atoms with van der Waals surface area (Å²) in [6.07, 6.45) is 5.07. The quantitative estimate of drug-likeness (QED) is 0.523. The van der Waals surface area contributed by atoms with Crippen molar-refractivity contribution < 1.29 is 9.59 Å². The van der Waals surface area contributed by atoms with Crippen molar-refractivity contribution in [2.75, 3.05) is 4.90 Å². The van der Waals surface area contributed by atoms with Crippen molar-refractivity contribution in [1.82, 2.24) is 0 Å². The standard InChI is InChI=1S/C16H22INO2S/c1-10(2)18(13-8-15(17)21-14(13)9-19)16(20)12-6-4-11(3)5-7-12/h8-12H,4-7H2,1-3H3/t11-,12-. The van der Waals surface area contributed by atoms with E-state index in [-0.39, 0.29) is 17.9 Å². The first kappa shape index (κ1) is 16.9. The van der Waals surface area contributed by atoms with Gasteiger partial charge < -0.3 is 4.90 Å². The van der Waals surface area contributed by atoms with Crippen LogP contribution < -0.4 is 4.90 Å². The van der Waals surface area contributed by atoms with Crippen LogP contribution in [0.15, 0.2) is 6.07 Å². The molecule has 116 valence electrons. The smallest absolute Gasteiger partial charge is 0.230 e. The van der Waals surface area contributed by atoms with Crippen LogP contribution in [0, 0.1) is 14.7 Å². The Bertz CT molecular complexity index is 518. The molecular formula is C16H22INO2S. The second kappa shape index (κ2) is 7.22. The Balaban J connectivity index is 2.26. The first-order chi connectivity index (χ1) is 9.93. The monoisotopic (exact) mass is 419 g/mol. The summed E-state index contributed by atoms with van der Waals surface area (Å²) >= 11 is 3.66. The predicted molar refractivity (Wildman–Crippen MR) is 96.2 cm³/mol. The SMILES string of the molecule is CC(C)N(c1cc(I)sc1C=O)C(=O)[C@H]1CC[C@H](C)CC1. The lowest BCUT2D eigenvalue weighted by atomic mass is 9.82. The summed E-state index contributed by atoms with van der Waals surface area (Å²) in [5.74, 6) is 1.03. The van der Waals surface area contributed by atoms with Crippen LogP contribution in [0.1, 0.15) is 56.1 Å². The molecule has 0 aromatic carbocycles. The Labute approximate surface area is 144 Å². The van der Waals surface area contributed by atoms with Gasteiger partial charge in [-0.1, -0.05) is 6.92 Å². The minimum atomic E-state index is 0.0703. The highest BCUT2D eigenvalue weighted by Crippen LogP contribution is 2.35. The van der Waals surface area contributed by atoms with E-state index in [9.17, 15) is 9.59 Å². The molecule has 0 atom stereocenters. The molecule has 1 aliphatic rings. The highest BCUT2D eigenvalue weighted by Gasteiger charge is 2.31. The molecule has 1 aromatic rings. The fourth-order valence-electron chi connectivity index (χ4n) is 2.99. The normalized spacial score (nSPS) is 22.3. The molecule has 5 heteroatoms. The molecule has 0 aliphatic heterocycles. The number of hydrogen-bond acceptors (Lipinski definition) is 3. The minimum absolute atomic E-state index is 0.0703. The number of hydrogen-bond donors (Lipinski definition) is 0. The lowest BCUT2D eigenvalue weighted by Crippen LogP contribution is -2.42. The van der Waals surface area contributed by atoms with Crippen LogP contribution in [0.3, 0.4) is 0 Å². The third-order valence-electron chi connectivity index (χ3n) is 4.20. The van der Waals surface area contributed by atoms with Gasteiger partial charge in [-0.05, 0) is 74.1 Å². The van der Waals surface area contributed by atoms with Crippen LogP contribution in [0.5, 0.6) is 0 Å². The number of carbonyl (C=O) groups excluding carboxylic acids is 2. The van der Waals surface area contributed by atoms with Crippen LogP contribution in [0.2, 0.25) is 0 Å². The van der Waals surface area contributed by atoms with Crippen molar-refractivity contribution >= 4 is 51.8 Å². The fourth-order valence-corrected chi connectivity index (χ4v) is 4.69. The lowest BCUT2D eigenvalue weighted by Gasteiger charge is -2.33. The van der Waals surface area contributed by atoms with E-state index in [1.807, 2.05) is 24.8 Å². The summed E-state index contributed by atoms with van der Waals surface area (Å²) in [5.41, 5.74) is 0.790. The Hall–Kier alpha value is -0.430. The summed E-state index contributed by atoms with van der Waals surface area (Å²) in [6, 6.07) is 2.03. The van der Waals surface area contributed by atoms with Crippen LogP contribution in [-0.2, 0) is 4.79 Å². The fraction of sp³-hybridized carbons (Fsp3) is 0.625. The van der Waals surface area contributed by atoms with Crippen LogP contribution in [0.25, 0.3) is 0 Å². The Morgan fingerprint density at radius 1 is 1.38 bits per heavy atom. The van der Waals surface area contributed by atoms with E-state index in [0.29, 0.717) is 4.88 Å². The van der Waals surface area contributed by atoms with Crippen molar-refractivity contribution in [3.8, 4) is 0 Å². The van der Waals surface area contributed by atoms with Gasteiger partial charge >= 0.3 is 0 Å². The minimum Gasteiger partial charge on any atom is -0.308 e. The molecule has 1 saturated carbocycles. The van der Waals surface area contributed by atoms with Crippen molar-refractivity contribution in [3.63, 3.8) is 0 Å². The third kappa shape index (κ3) is 3.86. The number of halogens is 1. The second-order valence-electron chi connectivity index (χ2n) is 6.18. The van der Waals surface area contributed by atoms with Crippen molar-refractivity contribution in [2.45, 2.75) is 52.5 Å². The Morgan fingerprint density at radius 2 is 2.00 bits per heavy atom. The summed E-state index contributed by atoms with van der Waals surface area (Å²) in [7, 11) is 0. The van der Waals surface area contributed by atoms with Gasteiger partial charge in [0, 0.05) is 12.0 Å². The molecular weight excluding hydrogens is 397 g/mol. The molecule has 1 heterocycles. The molecule has 0 spiro atoms. The van der Waals surface area contributed by atoms with Crippen molar-refractivity contribution in [1.29, 1.82) is 0 Å². The molecule has 0 unspecified atom stereocenters. The average molecular weight is 419 g/mol. The van der Waals surface area contributed by atoms with E-state index >= 15 is 0 Å². The van der Waals surface area contributed by atoms with Gasteiger partial charge in [-0.2, -0.15) is 0 Å². The summed E-state index contributed by atoms with van der Waals surface area (Å²) in [4.78, 5) is 26.7. The van der Waals surface area contributed by atoms with Crippen LogP contribution in [0.4, 0.5) is 5.69 Å². The molecule has 1 fully saturated rings. The molecule has 1 aromatic heterocycles. The largest absolute Gasteiger partial charge is 0.308 e. The van der Waals surface area contributed by atoms with Gasteiger partial charge in [0.1, 0.15) is 0 Å². The third-order valence-corrected chi connectivity index (χ3v) is 6.01. The van der Waals surface area contributed by atoms with E-state index in [0.717, 1.165) is 46.5 Å². The van der Waals surface area contributed by atoms with Crippen molar-refractivity contribution in [3.05, 3.63) is 13.8 Å². The number of thiophene rings is 1.